The third kappa shape index (κ3) is 4.69. The van der Waals surface area contributed by atoms with E-state index < -0.39 is 15.9 Å². The summed E-state index contributed by atoms with van der Waals surface area (Å²) >= 11 is 6.17. The van der Waals surface area contributed by atoms with Gasteiger partial charge in [-0.3, -0.25) is 9.36 Å². The lowest BCUT2D eigenvalue weighted by Gasteiger charge is -2.19. The zero-order chi connectivity index (χ0) is 21.7. The molecule has 0 bridgehead atoms. The average Bonchev–Trinajstić information content (AvgIpc) is 3.28. The van der Waals surface area contributed by atoms with Gasteiger partial charge >= 0.3 is 0 Å². The molecule has 0 aliphatic carbocycles. The van der Waals surface area contributed by atoms with Gasteiger partial charge in [0.25, 0.3) is 5.91 Å². The van der Waals surface area contributed by atoms with Crippen molar-refractivity contribution in [3.05, 3.63) is 71.4 Å². The molecule has 0 saturated heterocycles. The van der Waals surface area contributed by atoms with E-state index in [0.717, 1.165) is 5.56 Å². The van der Waals surface area contributed by atoms with Crippen molar-refractivity contribution in [3.8, 4) is 5.82 Å². The first kappa shape index (κ1) is 21.9. The number of amides is 1. The molecule has 2 aromatic heterocycles. The number of nitrogens with zero attached hydrogens (tertiary/aromatic N) is 4. The third-order valence-corrected chi connectivity index (χ3v) is 6.93. The van der Waals surface area contributed by atoms with Gasteiger partial charge in [0.15, 0.2) is 0 Å². The van der Waals surface area contributed by atoms with Crippen LogP contribution in [-0.2, 0) is 16.6 Å². The normalized spacial score (nSPS) is 11.6. The largest absolute Gasteiger partial charge is 0.348 e. The van der Waals surface area contributed by atoms with Crippen LogP contribution in [0.2, 0.25) is 5.02 Å². The molecule has 0 atom stereocenters. The van der Waals surface area contributed by atoms with Gasteiger partial charge < -0.3 is 5.32 Å². The van der Waals surface area contributed by atoms with Crippen molar-refractivity contribution in [2.45, 2.75) is 25.3 Å². The zero-order valence-electron chi connectivity index (χ0n) is 16.6. The van der Waals surface area contributed by atoms with Crippen molar-refractivity contribution in [1.29, 1.82) is 0 Å². The number of pyridine rings is 1. The molecule has 0 aliphatic rings. The molecule has 0 saturated carbocycles. The Kier molecular flexibility index (Phi) is 6.86. The topological polar surface area (TPSA) is 97.2 Å². The van der Waals surface area contributed by atoms with E-state index in [1.165, 1.54) is 22.5 Å². The number of rotatable bonds is 8. The second-order valence-electron chi connectivity index (χ2n) is 6.41. The van der Waals surface area contributed by atoms with E-state index in [-0.39, 0.29) is 22.0 Å². The highest BCUT2D eigenvalue weighted by atomic mass is 35.5. The molecule has 158 valence electrons. The van der Waals surface area contributed by atoms with E-state index in [1.807, 2.05) is 6.07 Å². The number of imidazole rings is 1. The fourth-order valence-electron chi connectivity index (χ4n) is 2.94. The van der Waals surface area contributed by atoms with Crippen molar-refractivity contribution in [3.63, 3.8) is 0 Å². The summed E-state index contributed by atoms with van der Waals surface area (Å²) in [6.45, 7) is 4.43. The zero-order valence-corrected chi connectivity index (χ0v) is 18.2. The number of benzene rings is 1. The van der Waals surface area contributed by atoms with Crippen molar-refractivity contribution < 1.29 is 13.2 Å². The Morgan fingerprint density at radius 2 is 1.93 bits per heavy atom. The molecular formula is C20H22ClN5O3S. The number of hydrogen-bond acceptors (Lipinski definition) is 5. The molecular weight excluding hydrogens is 426 g/mol. The minimum Gasteiger partial charge on any atom is -0.348 e. The highest BCUT2D eigenvalue weighted by Crippen LogP contribution is 2.23. The summed E-state index contributed by atoms with van der Waals surface area (Å²) in [4.78, 5) is 21.0. The fraction of sp³-hybridized carbons (Fsp3) is 0.250. The molecule has 0 fully saturated rings. The van der Waals surface area contributed by atoms with Crippen LogP contribution in [0.4, 0.5) is 0 Å². The molecule has 10 heteroatoms. The van der Waals surface area contributed by atoms with E-state index in [4.69, 9.17) is 11.6 Å². The molecule has 0 unspecified atom stereocenters. The summed E-state index contributed by atoms with van der Waals surface area (Å²) in [6.07, 6.45) is 6.69. The first-order valence-electron chi connectivity index (χ1n) is 9.38. The van der Waals surface area contributed by atoms with Crippen LogP contribution in [0.3, 0.4) is 0 Å². The monoisotopic (exact) mass is 447 g/mol. The number of halogens is 1. The van der Waals surface area contributed by atoms with Crippen LogP contribution in [0.5, 0.6) is 0 Å². The van der Waals surface area contributed by atoms with Crippen LogP contribution in [0, 0.1) is 0 Å². The molecule has 0 radical (unpaired) electrons. The molecule has 3 aromatic rings. The van der Waals surface area contributed by atoms with E-state index in [0.29, 0.717) is 18.9 Å². The molecule has 3 rings (SSSR count). The number of sulfonamides is 1. The van der Waals surface area contributed by atoms with Gasteiger partial charge in [-0.2, -0.15) is 4.31 Å². The first-order chi connectivity index (χ1) is 14.4. The minimum atomic E-state index is -3.69. The van der Waals surface area contributed by atoms with E-state index in [2.05, 4.69) is 15.3 Å². The third-order valence-electron chi connectivity index (χ3n) is 4.56. The quantitative estimate of drug-likeness (QED) is 0.572. The maximum atomic E-state index is 12.7. The molecule has 0 spiro atoms. The Morgan fingerprint density at radius 3 is 2.60 bits per heavy atom. The predicted octanol–water partition coefficient (Wildman–Crippen LogP) is 2.88. The Bertz CT molecular complexity index is 1130. The summed E-state index contributed by atoms with van der Waals surface area (Å²) in [6, 6.07) is 7.76. The van der Waals surface area contributed by atoms with Gasteiger partial charge in [0, 0.05) is 38.2 Å². The molecule has 1 aromatic carbocycles. The summed E-state index contributed by atoms with van der Waals surface area (Å²) in [5, 5.41) is 2.96. The summed E-state index contributed by atoms with van der Waals surface area (Å²) in [7, 11) is -3.69. The molecule has 1 amide bonds. The van der Waals surface area contributed by atoms with Gasteiger partial charge in [0.2, 0.25) is 10.0 Å². The number of carbonyl (C=O) groups excluding carboxylic acids is 1. The Hall–Kier alpha value is -2.75. The molecule has 8 nitrogen and oxygen atoms in total. The smallest absolute Gasteiger partial charge is 0.253 e. The second-order valence-corrected chi connectivity index (χ2v) is 8.75. The highest BCUT2D eigenvalue weighted by molar-refractivity contribution is 7.89. The standard InChI is InChI=1S/C20H22ClN5O3S/c1-3-26(4-2)30(28,29)16-5-6-18(21)17(12-16)20(27)24-13-15-7-8-23-19(11-15)25-10-9-22-14-25/h5-12,14H,3-4,13H2,1-2H3,(H,24,27). The van der Waals surface area contributed by atoms with Crippen LogP contribution >= 0.6 is 11.6 Å². The van der Waals surface area contributed by atoms with Gasteiger partial charge in [-0.1, -0.05) is 25.4 Å². The van der Waals surface area contributed by atoms with Gasteiger partial charge in [-0.15, -0.1) is 0 Å². The lowest BCUT2D eigenvalue weighted by molar-refractivity contribution is 0.0951. The maximum Gasteiger partial charge on any atom is 0.253 e. The van der Waals surface area contributed by atoms with Gasteiger partial charge in [-0.25, -0.2) is 18.4 Å². The first-order valence-corrected chi connectivity index (χ1v) is 11.2. The molecule has 0 aliphatic heterocycles. The number of aromatic nitrogens is 3. The Balaban J connectivity index is 1.78. The fourth-order valence-corrected chi connectivity index (χ4v) is 4.62. The van der Waals surface area contributed by atoms with Crippen LogP contribution in [0.1, 0.15) is 29.8 Å². The SMILES string of the molecule is CCN(CC)S(=O)(=O)c1ccc(Cl)c(C(=O)NCc2ccnc(-n3ccnc3)c2)c1. The highest BCUT2D eigenvalue weighted by Gasteiger charge is 2.23. The van der Waals surface area contributed by atoms with Gasteiger partial charge in [0.1, 0.15) is 12.1 Å². The summed E-state index contributed by atoms with van der Waals surface area (Å²) in [5.74, 6) is 0.210. The van der Waals surface area contributed by atoms with Crippen LogP contribution < -0.4 is 5.32 Å². The van der Waals surface area contributed by atoms with Gasteiger partial charge in [-0.05, 0) is 35.9 Å². The maximum absolute atomic E-state index is 12.7. The van der Waals surface area contributed by atoms with Crippen molar-refractivity contribution in [2.24, 2.45) is 0 Å². The lowest BCUT2D eigenvalue weighted by Crippen LogP contribution is -2.31. The average molecular weight is 448 g/mol. The number of nitrogens with one attached hydrogen (secondary N) is 1. The predicted molar refractivity (Wildman–Crippen MR) is 114 cm³/mol. The van der Waals surface area contributed by atoms with Gasteiger partial charge in [0.05, 0.1) is 15.5 Å². The molecule has 30 heavy (non-hydrogen) atoms. The van der Waals surface area contributed by atoms with Crippen molar-refractivity contribution in [1.82, 2.24) is 24.2 Å². The lowest BCUT2D eigenvalue weighted by atomic mass is 10.2. The van der Waals surface area contributed by atoms with E-state index in [9.17, 15) is 13.2 Å². The van der Waals surface area contributed by atoms with E-state index >= 15 is 0 Å². The Morgan fingerprint density at radius 1 is 1.17 bits per heavy atom. The van der Waals surface area contributed by atoms with Crippen molar-refractivity contribution >= 4 is 27.5 Å². The minimum absolute atomic E-state index is 0.0343. The number of carbonyl (C=O) groups is 1. The number of hydrogen-bond donors (Lipinski definition) is 1. The Labute approximate surface area is 180 Å². The molecule has 2 heterocycles. The summed E-state index contributed by atoms with van der Waals surface area (Å²) in [5.41, 5.74) is 0.930. The molecule has 1 N–H and O–H groups in total. The van der Waals surface area contributed by atoms with E-state index in [1.54, 1.807) is 49.4 Å². The van der Waals surface area contributed by atoms with Crippen LogP contribution in [-0.4, -0.2) is 46.3 Å². The summed E-state index contributed by atoms with van der Waals surface area (Å²) < 4.78 is 28.6. The second kappa shape index (κ2) is 9.38. The van der Waals surface area contributed by atoms with Crippen LogP contribution in [0.15, 0.2) is 60.1 Å². The van der Waals surface area contributed by atoms with Crippen LogP contribution in [0.25, 0.3) is 5.82 Å². The van der Waals surface area contributed by atoms with Crippen molar-refractivity contribution in [2.75, 3.05) is 13.1 Å².